The van der Waals surface area contributed by atoms with Gasteiger partial charge in [-0.15, -0.1) is 0 Å². The second kappa shape index (κ2) is 6.52. The third kappa shape index (κ3) is 3.57. The number of likely N-dealkylation sites (tertiary alicyclic amines) is 1. The van der Waals surface area contributed by atoms with Crippen LogP contribution in [0.4, 0.5) is 0 Å². The number of nitrogens with two attached hydrogens (primary N) is 1. The van der Waals surface area contributed by atoms with Gasteiger partial charge in [0.05, 0.1) is 5.92 Å². The summed E-state index contributed by atoms with van der Waals surface area (Å²) in [4.78, 5) is 24.8. The number of amides is 1. The van der Waals surface area contributed by atoms with E-state index in [-0.39, 0.29) is 18.4 Å². The largest absolute Gasteiger partial charge is 0.481 e. The number of rotatable bonds is 4. The van der Waals surface area contributed by atoms with Crippen LogP contribution in [0.25, 0.3) is 0 Å². The van der Waals surface area contributed by atoms with E-state index >= 15 is 0 Å². The summed E-state index contributed by atoms with van der Waals surface area (Å²) in [6, 6.07) is 9.14. The van der Waals surface area contributed by atoms with E-state index in [1.807, 2.05) is 30.3 Å². The van der Waals surface area contributed by atoms with Crippen LogP contribution in [0.5, 0.6) is 0 Å². The first-order valence-electron chi connectivity index (χ1n) is 6.89. The second-order valence-corrected chi connectivity index (χ2v) is 5.24. The Labute approximate surface area is 118 Å². The molecule has 20 heavy (non-hydrogen) atoms. The Hall–Kier alpha value is -1.88. The van der Waals surface area contributed by atoms with Gasteiger partial charge >= 0.3 is 5.97 Å². The molecule has 1 heterocycles. The van der Waals surface area contributed by atoms with Gasteiger partial charge in [-0.3, -0.25) is 9.59 Å². The number of carbonyl (C=O) groups is 2. The Balaban J connectivity index is 1.93. The Morgan fingerprint density at radius 3 is 2.70 bits per heavy atom. The molecule has 108 valence electrons. The van der Waals surface area contributed by atoms with E-state index in [0.717, 1.165) is 12.0 Å². The number of carboxylic acids is 1. The lowest BCUT2D eigenvalue weighted by atomic mass is 9.97. The van der Waals surface area contributed by atoms with Crippen LogP contribution >= 0.6 is 0 Å². The predicted octanol–water partition coefficient (Wildman–Crippen LogP) is 1.40. The van der Waals surface area contributed by atoms with Crippen LogP contribution in [0.1, 0.15) is 30.9 Å². The van der Waals surface area contributed by atoms with Gasteiger partial charge in [-0.2, -0.15) is 0 Å². The molecule has 0 aliphatic carbocycles. The van der Waals surface area contributed by atoms with Crippen molar-refractivity contribution >= 4 is 11.9 Å². The van der Waals surface area contributed by atoms with Gasteiger partial charge in [0.1, 0.15) is 0 Å². The third-order valence-corrected chi connectivity index (χ3v) is 3.75. The van der Waals surface area contributed by atoms with Crippen LogP contribution in [-0.2, 0) is 9.59 Å². The van der Waals surface area contributed by atoms with Gasteiger partial charge in [0.25, 0.3) is 0 Å². The van der Waals surface area contributed by atoms with E-state index in [1.165, 1.54) is 0 Å². The van der Waals surface area contributed by atoms with Crippen molar-refractivity contribution in [3.8, 4) is 0 Å². The minimum absolute atomic E-state index is 0.0627. The van der Waals surface area contributed by atoms with Crippen LogP contribution in [0, 0.1) is 5.92 Å². The van der Waals surface area contributed by atoms with Crippen molar-refractivity contribution in [2.24, 2.45) is 11.7 Å². The molecule has 0 aromatic heterocycles. The maximum atomic E-state index is 12.2. The molecule has 0 spiro atoms. The van der Waals surface area contributed by atoms with Crippen molar-refractivity contribution in [2.75, 3.05) is 13.1 Å². The van der Waals surface area contributed by atoms with Gasteiger partial charge in [-0.25, -0.2) is 0 Å². The fraction of sp³-hybridized carbons (Fsp3) is 0.467. The van der Waals surface area contributed by atoms with Crippen molar-refractivity contribution in [3.05, 3.63) is 35.9 Å². The first-order chi connectivity index (χ1) is 9.58. The molecule has 0 radical (unpaired) electrons. The highest BCUT2D eigenvalue weighted by Crippen LogP contribution is 2.20. The maximum absolute atomic E-state index is 12.2. The molecule has 1 saturated heterocycles. The molecule has 2 atom stereocenters. The number of hydrogen-bond donors (Lipinski definition) is 2. The first kappa shape index (κ1) is 14.5. The Kier molecular flexibility index (Phi) is 4.74. The number of hydrogen-bond acceptors (Lipinski definition) is 3. The van der Waals surface area contributed by atoms with Gasteiger partial charge in [-0.05, 0) is 18.4 Å². The van der Waals surface area contributed by atoms with Gasteiger partial charge in [0, 0.05) is 25.6 Å². The van der Waals surface area contributed by atoms with Gasteiger partial charge in [0.2, 0.25) is 5.91 Å². The molecule has 1 aromatic carbocycles. The number of carboxylic acid groups (broad SMARTS) is 1. The molecule has 0 bridgehead atoms. The van der Waals surface area contributed by atoms with Crippen molar-refractivity contribution in [3.63, 3.8) is 0 Å². The van der Waals surface area contributed by atoms with Crippen molar-refractivity contribution in [1.29, 1.82) is 0 Å². The van der Waals surface area contributed by atoms with E-state index in [9.17, 15) is 9.59 Å². The van der Waals surface area contributed by atoms with Crippen LogP contribution in [0.15, 0.2) is 30.3 Å². The summed E-state index contributed by atoms with van der Waals surface area (Å²) < 4.78 is 0. The Morgan fingerprint density at radius 1 is 1.35 bits per heavy atom. The number of benzene rings is 1. The van der Waals surface area contributed by atoms with Gasteiger partial charge in [-0.1, -0.05) is 30.3 Å². The minimum atomic E-state index is -0.824. The number of nitrogens with zero attached hydrogens (tertiary/aromatic N) is 1. The molecule has 2 rings (SSSR count). The molecule has 1 aliphatic rings. The summed E-state index contributed by atoms with van der Waals surface area (Å²) in [7, 11) is 0. The van der Waals surface area contributed by atoms with Crippen molar-refractivity contribution in [1.82, 2.24) is 4.90 Å². The normalized spacial score (nSPS) is 20.4. The lowest BCUT2D eigenvalue weighted by Crippen LogP contribution is -2.43. The predicted molar refractivity (Wildman–Crippen MR) is 74.9 cm³/mol. The monoisotopic (exact) mass is 276 g/mol. The number of carbonyl (C=O) groups excluding carboxylic acids is 1. The zero-order chi connectivity index (χ0) is 14.5. The van der Waals surface area contributed by atoms with E-state index in [1.54, 1.807) is 4.90 Å². The van der Waals surface area contributed by atoms with Crippen LogP contribution < -0.4 is 5.73 Å². The van der Waals surface area contributed by atoms with Crippen LogP contribution in [0.3, 0.4) is 0 Å². The summed E-state index contributed by atoms with van der Waals surface area (Å²) in [6.45, 7) is 0.930. The average Bonchev–Trinajstić information content (AvgIpc) is 2.48. The smallest absolute Gasteiger partial charge is 0.308 e. The van der Waals surface area contributed by atoms with Crippen LogP contribution in [-0.4, -0.2) is 35.0 Å². The summed E-state index contributed by atoms with van der Waals surface area (Å²) in [5.41, 5.74) is 6.96. The molecule has 5 nitrogen and oxygen atoms in total. The first-order valence-corrected chi connectivity index (χ1v) is 6.89. The summed E-state index contributed by atoms with van der Waals surface area (Å²) in [5, 5.41) is 9.04. The molecule has 0 saturated carbocycles. The van der Waals surface area contributed by atoms with Crippen molar-refractivity contribution in [2.45, 2.75) is 25.3 Å². The van der Waals surface area contributed by atoms with E-state index in [4.69, 9.17) is 10.8 Å². The second-order valence-electron chi connectivity index (χ2n) is 5.24. The van der Waals surface area contributed by atoms with E-state index in [2.05, 4.69) is 0 Å². The quantitative estimate of drug-likeness (QED) is 0.870. The SMILES string of the molecule is NC(CC(=O)N1CCC[C@H](C(=O)O)C1)c1ccccc1. The fourth-order valence-electron chi connectivity index (χ4n) is 2.54. The summed E-state index contributed by atoms with van der Waals surface area (Å²) >= 11 is 0. The number of piperidine rings is 1. The zero-order valence-corrected chi connectivity index (χ0v) is 11.4. The van der Waals surface area contributed by atoms with Gasteiger partial charge < -0.3 is 15.7 Å². The molecule has 3 N–H and O–H groups in total. The molecule has 1 amide bonds. The molecule has 1 aliphatic heterocycles. The lowest BCUT2D eigenvalue weighted by Gasteiger charge is -2.31. The maximum Gasteiger partial charge on any atom is 0.308 e. The highest BCUT2D eigenvalue weighted by atomic mass is 16.4. The minimum Gasteiger partial charge on any atom is -0.481 e. The van der Waals surface area contributed by atoms with Crippen molar-refractivity contribution < 1.29 is 14.7 Å². The topological polar surface area (TPSA) is 83.6 Å². The highest BCUT2D eigenvalue weighted by molar-refractivity contribution is 5.78. The molecule has 1 aromatic rings. The standard InChI is InChI=1S/C15H20N2O3/c16-13(11-5-2-1-3-6-11)9-14(18)17-8-4-7-12(10-17)15(19)20/h1-3,5-6,12-13H,4,7-10,16H2,(H,19,20)/t12-,13?/m0/s1. The molecular weight excluding hydrogens is 256 g/mol. The van der Waals surface area contributed by atoms with E-state index < -0.39 is 11.9 Å². The molecule has 5 heteroatoms. The Morgan fingerprint density at radius 2 is 2.05 bits per heavy atom. The summed E-state index contributed by atoms with van der Waals surface area (Å²) in [6.07, 6.45) is 1.60. The fourth-order valence-corrected chi connectivity index (χ4v) is 2.54. The lowest BCUT2D eigenvalue weighted by molar-refractivity contribution is -0.145. The third-order valence-electron chi connectivity index (χ3n) is 3.75. The van der Waals surface area contributed by atoms with E-state index in [0.29, 0.717) is 19.5 Å². The molecule has 1 fully saturated rings. The molecule has 1 unspecified atom stereocenters. The summed E-state index contributed by atoms with van der Waals surface area (Å²) in [5.74, 6) is -1.33. The highest BCUT2D eigenvalue weighted by Gasteiger charge is 2.28. The molecular formula is C15H20N2O3. The zero-order valence-electron chi connectivity index (χ0n) is 11.4. The van der Waals surface area contributed by atoms with Gasteiger partial charge in [0.15, 0.2) is 0 Å². The van der Waals surface area contributed by atoms with Crippen LogP contribution in [0.2, 0.25) is 0 Å². The Bertz CT molecular complexity index is 475. The average molecular weight is 276 g/mol. The number of aliphatic carboxylic acids is 1.